The second kappa shape index (κ2) is 8.60. The third-order valence-electron chi connectivity index (χ3n) is 6.06. The summed E-state index contributed by atoms with van der Waals surface area (Å²) in [4.78, 5) is 28.5. The van der Waals surface area contributed by atoms with E-state index in [1.54, 1.807) is 18.2 Å². The number of hydrogen-bond donors (Lipinski definition) is 2. The predicted molar refractivity (Wildman–Crippen MR) is 129 cm³/mol. The zero-order valence-electron chi connectivity index (χ0n) is 18.6. The molecule has 2 unspecified atom stereocenters. The molecule has 178 valence electrons. The van der Waals surface area contributed by atoms with E-state index in [2.05, 4.69) is 15.0 Å². The van der Waals surface area contributed by atoms with Crippen molar-refractivity contribution in [2.24, 2.45) is 5.92 Å². The number of nitrogens with zero attached hydrogens (tertiary/aromatic N) is 3. The zero-order chi connectivity index (χ0) is 24.7. The second-order valence-corrected chi connectivity index (χ2v) is 10.1. The minimum Gasteiger partial charge on any atom is -0.309 e. The van der Waals surface area contributed by atoms with Gasteiger partial charge in [0.25, 0.3) is 5.69 Å². The summed E-state index contributed by atoms with van der Waals surface area (Å²) in [7, 11) is -4.06. The number of benzene rings is 3. The van der Waals surface area contributed by atoms with Crippen LogP contribution in [0.5, 0.6) is 0 Å². The van der Waals surface area contributed by atoms with Gasteiger partial charge in [0.1, 0.15) is 0 Å². The average Bonchev–Trinajstić information content (AvgIpc) is 3.19. The van der Waals surface area contributed by atoms with Crippen molar-refractivity contribution in [2.75, 3.05) is 5.32 Å². The van der Waals surface area contributed by atoms with Gasteiger partial charge >= 0.3 is 0 Å². The van der Waals surface area contributed by atoms with Gasteiger partial charge in [0.05, 0.1) is 32.8 Å². The summed E-state index contributed by atoms with van der Waals surface area (Å²) >= 11 is 0. The quantitative estimate of drug-likeness (QED) is 0.313. The largest absolute Gasteiger partial charge is 0.309 e. The molecule has 3 aromatic carbocycles. The number of aromatic nitrogens is 2. The Morgan fingerprint density at radius 3 is 2.60 bits per heavy atom. The van der Waals surface area contributed by atoms with Crippen molar-refractivity contribution in [1.29, 1.82) is 0 Å². The molecule has 2 atom stereocenters. The lowest BCUT2D eigenvalue weighted by Gasteiger charge is -2.31. The number of non-ortho nitro benzene ring substituents is 1. The number of amides is 1. The third-order valence-corrected chi connectivity index (χ3v) is 7.52. The van der Waals surface area contributed by atoms with E-state index in [-0.39, 0.29) is 17.1 Å². The van der Waals surface area contributed by atoms with E-state index >= 15 is 0 Å². The third kappa shape index (κ3) is 4.27. The summed E-state index contributed by atoms with van der Waals surface area (Å²) in [5.41, 5.74) is 2.47. The van der Waals surface area contributed by atoms with Crippen molar-refractivity contribution in [2.45, 2.75) is 24.4 Å². The van der Waals surface area contributed by atoms with Crippen LogP contribution < -0.4 is 10.0 Å². The maximum absolute atomic E-state index is 13.3. The Balaban J connectivity index is 1.59. The molecule has 0 bridgehead atoms. The van der Waals surface area contributed by atoms with Gasteiger partial charge in [-0.1, -0.05) is 42.0 Å². The molecular formula is C24H21N5O5S. The first-order valence-corrected chi connectivity index (χ1v) is 12.3. The van der Waals surface area contributed by atoms with Gasteiger partial charge in [-0.15, -0.1) is 0 Å². The number of anilines is 1. The van der Waals surface area contributed by atoms with Crippen LogP contribution in [0, 0.1) is 23.0 Å². The summed E-state index contributed by atoms with van der Waals surface area (Å²) in [5, 5.41) is 14.2. The predicted octanol–water partition coefficient (Wildman–Crippen LogP) is 3.54. The number of sulfonamides is 1. The van der Waals surface area contributed by atoms with Gasteiger partial charge in [-0.3, -0.25) is 20.2 Å². The number of nitrogens with one attached hydrogen (secondary N) is 2. The van der Waals surface area contributed by atoms with Crippen LogP contribution in [0.2, 0.25) is 0 Å². The highest BCUT2D eigenvalue weighted by Crippen LogP contribution is 2.34. The summed E-state index contributed by atoms with van der Waals surface area (Å²) in [6, 6.07) is 18.2. The van der Waals surface area contributed by atoms with Crippen molar-refractivity contribution < 1.29 is 18.1 Å². The molecule has 4 aromatic rings. The van der Waals surface area contributed by atoms with Crippen LogP contribution in [-0.4, -0.2) is 28.8 Å². The van der Waals surface area contributed by atoms with Crippen molar-refractivity contribution in [3.8, 4) is 0 Å². The molecule has 2 heterocycles. The lowest BCUT2D eigenvalue weighted by molar-refractivity contribution is -0.384. The fraction of sp³-hybridized carbons (Fsp3) is 0.167. The van der Waals surface area contributed by atoms with E-state index < -0.39 is 32.8 Å². The number of hydrogen-bond acceptors (Lipinski definition) is 6. The zero-order valence-corrected chi connectivity index (χ0v) is 19.4. The molecule has 1 amide bonds. The van der Waals surface area contributed by atoms with Crippen molar-refractivity contribution in [3.63, 3.8) is 0 Å². The fourth-order valence-electron chi connectivity index (χ4n) is 4.26. The number of aryl methyl sites for hydroxylation is 1. The Morgan fingerprint density at radius 2 is 1.86 bits per heavy atom. The van der Waals surface area contributed by atoms with Gasteiger partial charge in [0.15, 0.2) is 0 Å². The van der Waals surface area contributed by atoms with E-state index in [1.165, 1.54) is 30.3 Å². The molecule has 1 aliphatic rings. The van der Waals surface area contributed by atoms with Crippen LogP contribution in [0.4, 0.5) is 11.6 Å². The molecular weight excluding hydrogens is 470 g/mol. The maximum atomic E-state index is 13.3. The van der Waals surface area contributed by atoms with Gasteiger partial charge in [0, 0.05) is 18.7 Å². The summed E-state index contributed by atoms with van der Waals surface area (Å²) < 4.78 is 31.1. The molecule has 0 aliphatic carbocycles. The Labute approximate surface area is 200 Å². The monoisotopic (exact) mass is 491 g/mol. The highest BCUT2D eigenvalue weighted by molar-refractivity contribution is 7.89. The number of nitro groups is 1. The number of rotatable bonds is 6. The Kier molecular flexibility index (Phi) is 5.58. The molecule has 1 aliphatic heterocycles. The summed E-state index contributed by atoms with van der Waals surface area (Å²) in [6.07, 6.45) is 0. The minimum atomic E-state index is -4.06. The fourth-order valence-corrected chi connectivity index (χ4v) is 5.53. The normalized spacial score (nSPS) is 16.5. The van der Waals surface area contributed by atoms with Gasteiger partial charge < -0.3 is 4.57 Å². The smallest absolute Gasteiger partial charge is 0.269 e. The molecule has 0 spiro atoms. The second-order valence-electron chi connectivity index (χ2n) is 8.39. The standard InChI is InChI=1S/C24H21N5O5S/c1-15-9-11-18(12-10-15)35(33,34)27-22(16-5-4-6-17(13-16)29(31)32)19-14-28-21-8-3-2-7-20(21)25-24(28)26-23(19)30/h2-13,19,22,27H,14H2,1H3,(H,25,26,30). The van der Waals surface area contributed by atoms with Gasteiger partial charge in [-0.2, -0.15) is 0 Å². The van der Waals surface area contributed by atoms with Gasteiger partial charge in [0.2, 0.25) is 21.9 Å². The molecule has 35 heavy (non-hydrogen) atoms. The van der Waals surface area contributed by atoms with Crippen molar-refractivity contribution in [1.82, 2.24) is 14.3 Å². The van der Waals surface area contributed by atoms with Crippen LogP contribution in [0.3, 0.4) is 0 Å². The highest BCUT2D eigenvalue weighted by Gasteiger charge is 2.38. The molecule has 10 nitrogen and oxygen atoms in total. The van der Waals surface area contributed by atoms with Gasteiger partial charge in [-0.25, -0.2) is 18.1 Å². The molecule has 1 aromatic heterocycles. The molecule has 0 fully saturated rings. The van der Waals surface area contributed by atoms with E-state index in [0.717, 1.165) is 11.1 Å². The average molecular weight is 492 g/mol. The van der Waals surface area contributed by atoms with E-state index in [1.807, 2.05) is 35.8 Å². The molecule has 5 rings (SSSR count). The maximum Gasteiger partial charge on any atom is 0.269 e. The van der Waals surface area contributed by atoms with Gasteiger partial charge in [-0.05, 0) is 36.8 Å². The topological polar surface area (TPSA) is 136 Å². The number of imidazole rings is 1. The van der Waals surface area contributed by atoms with Crippen LogP contribution in [0.1, 0.15) is 17.2 Å². The molecule has 2 N–H and O–H groups in total. The van der Waals surface area contributed by atoms with Crippen LogP contribution in [0.15, 0.2) is 77.7 Å². The number of fused-ring (bicyclic) bond motifs is 3. The number of carbonyl (C=O) groups excluding carboxylic acids is 1. The van der Waals surface area contributed by atoms with E-state index in [9.17, 15) is 23.3 Å². The van der Waals surface area contributed by atoms with E-state index in [0.29, 0.717) is 17.0 Å². The first-order valence-electron chi connectivity index (χ1n) is 10.8. The Hall–Kier alpha value is -4.09. The van der Waals surface area contributed by atoms with E-state index in [4.69, 9.17) is 0 Å². The number of nitro benzene ring substituents is 1. The molecule has 0 radical (unpaired) electrons. The first-order chi connectivity index (χ1) is 16.7. The minimum absolute atomic E-state index is 0.0310. The SMILES string of the molecule is Cc1ccc(S(=O)(=O)NC(c2cccc([N+](=O)[O-])c2)C2Cn3c(nc4ccccc43)NC2=O)cc1. The Morgan fingerprint density at radius 1 is 1.11 bits per heavy atom. The summed E-state index contributed by atoms with van der Waals surface area (Å²) in [5.74, 6) is -0.968. The molecule has 11 heteroatoms. The van der Waals surface area contributed by atoms with Crippen molar-refractivity contribution in [3.05, 3.63) is 94.0 Å². The highest BCUT2D eigenvalue weighted by atomic mass is 32.2. The number of carbonyl (C=O) groups is 1. The van der Waals surface area contributed by atoms with Crippen LogP contribution in [0.25, 0.3) is 11.0 Å². The van der Waals surface area contributed by atoms with Crippen LogP contribution >= 0.6 is 0 Å². The molecule has 0 saturated carbocycles. The number of para-hydroxylation sites is 2. The first kappa shape index (κ1) is 22.7. The lowest BCUT2D eigenvalue weighted by atomic mass is 9.91. The van der Waals surface area contributed by atoms with Crippen molar-refractivity contribution >= 4 is 38.6 Å². The van der Waals surface area contributed by atoms with Crippen LogP contribution in [-0.2, 0) is 21.4 Å². The summed E-state index contributed by atoms with van der Waals surface area (Å²) in [6.45, 7) is 1.97. The Bertz CT molecular complexity index is 1560. The molecule has 0 saturated heterocycles. The lowest BCUT2D eigenvalue weighted by Crippen LogP contribution is -2.43.